The van der Waals surface area contributed by atoms with E-state index in [1.54, 1.807) is 46.2 Å². The summed E-state index contributed by atoms with van der Waals surface area (Å²) in [5.41, 5.74) is 0.702. The summed E-state index contributed by atoms with van der Waals surface area (Å²) in [4.78, 5) is 46.6. The lowest BCUT2D eigenvalue weighted by Gasteiger charge is -2.34. The van der Waals surface area contributed by atoms with E-state index in [1.807, 2.05) is 0 Å². The van der Waals surface area contributed by atoms with Crippen LogP contribution in [0.15, 0.2) is 81.3 Å². The molecule has 178 valence electrons. The molecule has 0 spiro atoms. The molecule has 5 rings (SSSR count). The highest BCUT2D eigenvalue weighted by atomic mass is 32.2. The van der Waals surface area contributed by atoms with E-state index < -0.39 is 5.82 Å². The Labute approximate surface area is 204 Å². The second-order valence-electron chi connectivity index (χ2n) is 7.97. The normalized spacial score (nSPS) is 13.9. The summed E-state index contributed by atoms with van der Waals surface area (Å²) in [6, 6.07) is 15.8. The third kappa shape index (κ3) is 4.69. The van der Waals surface area contributed by atoms with Crippen LogP contribution in [0.2, 0.25) is 0 Å². The number of benzene rings is 2. The molecule has 2 amide bonds. The van der Waals surface area contributed by atoms with Crippen molar-refractivity contribution in [3.63, 3.8) is 0 Å². The Hall–Kier alpha value is -3.92. The van der Waals surface area contributed by atoms with Crippen molar-refractivity contribution < 1.29 is 18.4 Å². The zero-order valence-electron chi connectivity index (χ0n) is 18.6. The van der Waals surface area contributed by atoms with Gasteiger partial charge in [-0.15, -0.1) is 0 Å². The molecule has 8 nitrogen and oxygen atoms in total. The van der Waals surface area contributed by atoms with E-state index in [4.69, 9.17) is 4.42 Å². The average Bonchev–Trinajstić information content (AvgIpc) is 3.43. The Bertz CT molecular complexity index is 1430. The summed E-state index contributed by atoms with van der Waals surface area (Å²) in [5, 5.41) is 0.783. The van der Waals surface area contributed by atoms with Crippen molar-refractivity contribution in [1.82, 2.24) is 19.4 Å². The zero-order valence-corrected chi connectivity index (χ0v) is 19.4. The predicted molar refractivity (Wildman–Crippen MR) is 129 cm³/mol. The minimum Gasteiger partial charge on any atom is -0.459 e. The molecule has 0 saturated carbocycles. The minimum atomic E-state index is -0.412. The summed E-state index contributed by atoms with van der Waals surface area (Å²) >= 11 is 1.15. The van der Waals surface area contributed by atoms with Gasteiger partial charge in [-0.3, -0.25) is 19.0 Å². The molecule has 0 aliphatic carbocycles. The first kappa shape index (κ1) is 22.9. The van der Waals surface area contributed by atoms with Crippen molar-refractivity contribution in [2.24, 2.45) is 0 Å². The number of piperazine rings is 1. The number of nitrogens with zero attached hydrogens (tertiary/aromatic N) is 4. The maximum Gasteiger partial charge on any atom is 0.289 e. The zero-order chi connectivity index (χ0) is 24.4. The molecule has 2 aromatic carbocycles. The quantitative estimate of drug-likeness (QED) is 0.314. The summed E-state index contributed by atoms with van der Waals surface area (Å²) in [5.74, 6) is -0.377. The number of furan rings is 1. The van der Waals surface area contributed by atoms with Gasteiger partial charge in [-0.05, 0) is 48.5 Å². The molecule has 35 heavy (non-hydrogen) atoms. The molecule has 0 N–H and O–H groups in total. The molecule has 1 fully saturated rings. The molecular formula is C25H21FN4O4S. The van der Waals surface area contributed by atoms with Gasteiger partial charge in [0.1, 0.15) is 5.82 Å². The second-order valence-corrected chi connectivity index (χ2v) is 8.91. The fourth-order valence-electron chi connectivity index (χ4n) is 3.96. The number of aromatic nitrogens is 2. The largest absolute Gasteiger partial charge is 0.459 e. The minimum absolute atomic E-state index is 0.0676. The third-order valence-corrected chi connectivity index (χ3v) is 6.73. The summed E-state index contributed by atoms with van der Waals surface area (Å²) in [6.45, 7) is 1.62. The van der Waals surface area contributed by atoms with Gasteiger partial charge in [-0.2, -0.15) is 0 Å². The topological polar surface area (TPSA) is 88.7 Å². The first-order valence-electron chi connectivity index (χ1n) is 11.0. The first-order chi connectivity index (χ1) is 17.0. The number of thioether (sulfide) groups is 1. The van der Waals surface area contributed by atoms with Crippen molar-refractivity contribution in [2.75, 3.05) is 31.9 Å². The number of hydrogen-bond acceptors (Lipinski definition) is 6. The fourth-order valence-corrected chi connectivity index (χ4v) is 4.88. The number of fused-ring (bicyclic) bond motifs is 1. The van der Waals surface area contributed by atoms with Gasteiger partial charge >= 0.3 is 0 Å². The summed E-state index contributed by atoms with van der Waals surface area (Å²) < 4.78 is 20.1. The van der Waals surface area contributed by atoms with E-state index in [2.05, 4.69) is 4.98 Å². The van der Waals surface area contributed by atoms with Crippen molar-refractivity contribution in [2.45, 2.75) is 5.16 Å². The number of para-hydroxylation sites is 1. The molecule has 0 bridgehead atoms. The molecular weight excluding hydrogens is 471 g/mol. The number of amides is 2. The Balaban J connectivity index is 1.32. The van der Waals surface area contributed by atoms with Crippen LogP contribution in [-0.4, -0.2) is 63.1 Å². The van der Waals surface area contributed by atoms with E-state index in [9.17, 15) is 18.8 Å². The summed E-state index contributed by atoms with van der Waals surface area (Å²) in [6.07, 6.45) is 1.45. The van der Waals surface area contributed by atoms with Gasteiger partial charge in [0.25, 0.3) is 11.5 Å². The number of rotatable bonds is 5. The molecule has 4 aromatic rings. The van der Waals surface area contributed by atoms with Crippen molar-refractivity contribution in [1.29, 1.82) is 0 Å². The average molecular weight is 493 g/mol. The highest BCUT2D eigenvalue weighted by Gasteiger charge is 2.26. The van der Waals surface area contributed by atoms with Gasteiger partial charge in [-0.25, -0.2) is 9.37 Å². The van der Waals surface area contributed by atoms with Crippen LogP contribution in [0.1, 0.15) is 10.6 Å². The Kier molecular flexibility index (Phi) is 6.37. The van der Waals surface area contributed by atoms with E-state index in [-0.39, 0.29) is 28.9 Å². The molecule has 2 aromatic heterocycles. The van der Waals surface area contributed by atoms with E-state index >= 15 is 0 Å². The molecule has 1 aliphatic heterocycles. The van der Waals surface area contributed by atoms with Crippen LogP contribution in [0, 0.1) is 5.82 Å². The van der Waals surface area contributed by atoms with Gasteiger partial charge in [0.05, 0.1) is 28.6 Å². The fraction of sp³-hybridized carbons (Fsp3) is 0.200. The van der Waals surface area contributed by atoms with Crippen LogP contribution in [0.5, 0.6) is 0 Å². The van der Waals surface area contributed by atoms with Gasteiger partial charge in [0, 0.05) is 26.2 Å². The van der Waals surface area contributed by atoms with Crippen LogP contribution < -0.4 is 5.56 Å². The maximum atomic E-state index is 13.5. The van der Waals surface area contributed by atoms with Gasteiger partial charge in [0.2, 0.25) is 5.91 Å². The monoisotopic (exact) mass is 492 g/mol. The molecule has 1 saturated heterocycles. The van der Waals surface area contributed by atoms with Crippen LogP contribution in [-0.2, 0) is 4.79 Å². The van der Waals surface area contributed by atoms with Crippen molar-refractivity contribution in [3.8, 4) is 5.69 Å². The van der Waals surface area contributed by atoms with Gasteiger partial charge < -0.3 is 14.2 Å². The second kappa shape index (κ2) is 9.75. The highest BCUT2D eigenvalue weighted by Crippen LogP contribution is 2.22. The van der Waals surface area contributed by atoms with E-state index in [0.717, 1.165) is 11.8 Å². The number of halogens is 1. The molecule has 3 heterocycles. The molecule has 0 atom stereocenters. The van der Waals surface area contributed by atoms with Crippen LogP contribution in [0.4, 0.5) is 4.39 Å². The van der Waals surface area contributed by atoms with Crippen molar-refractivity contribution >= 4 is 34.5 Å². The van der Waals surface area contributed by atoms with Gasteiger partial charge in [0.15, 0.2) is 10.9 Å². The molecule has 10 heteroatoms. The number of carbonyl (C=O) groups is 2. The number of hydrogen-bond donors (Lipinski definition) is 0. The summed E-state index contributed by atoms with van der Waals surface area (Å²) in [7, 11) is 0. The van der Waals surface area contributed by atoms with Crippen LogP contribution >= 0.6 is 11.8 Å². The lowest BCUT2D eigenvalue weighted by molar-refractivity contribution is -0.129. The van der Waals surface area contributed by atoms with Crippen LogP contribution in [0.25, 0.3) is 16.6 Å². The molecule has 0 unspecified atom stereocenters. The lowest BCUT2D eigenvalue weighted by Crippen LogP contribution is -2.51. The van der Waals surface area contributed by atoms with Gasteiger partial charge in [-0.1, -0.05) is 23.9 Å². The highest BCUT2D eigenvalue weighted by molar-refractivity contribution is 7.99. The maximum absolute atomic E-state index is 13.5. The number of carbonyl (C=O) groups excluding carboxylic acids is 2. The van der Waals surface area contributed by atoms with Crippen molar-refractivity contribution in [3.05, 3.63) is 88.9 Å². The van der Waals surface area contributed by atoms with Crippen LogP contribution in [0.3, 0.4) is 0 Å². The lowest BCUT2D eigenvalue weighted by atomic mass is 10.2. The molecule has 1 aliphatic rings. The molecule has 0 radical (unpaired) electrons. The SMILES string of the molecule is O=C(CSc1nc2ccccc2c(=O)n1-c1ccc(F)cc1)N1CCN(C(=O)c2ccco2)CC1. The Morgan fingerprint density at radius 2 is 1.66 bits per heavy atom. The van der Waals surface area contributed by atoms with E-state index in [0.29, 0.717) is 47.9 Å². The Morgan fingerprint density at radius 1 is 0.943 bits per heavy atom. The predicted octanol–water partition coefficient (Wildman–Crippen LogP) is 3.19. The smallest absolute Gasteiger partial charge is 0.289 e. The van der Waals surface area contributed by atoms with E-state index in [1.165, 1.54) is 35.1 Å². The third-order valence-electron chi connectivity index (χ3n) is 5.81. The standard InChI is InChI=1S/C25H21FN4O4S/c26-17-7-9-18(10-8-17)30-23(32)19-4-1-2-5-20(19)27-25(30)35-16-22(31)28-11-13-29(14-12-28)24(33)21-6-3-15-34-21/h1-10,15H,11-14,16H2. The first-order valence-corrected chi connectivity index (χ1v) is 12.0. The Morgan fingerprint density at radius 3 is 2.37 bits per heavy atom.